The zero-order valence-electron chi connectivity index (χ0n) is 11.7. The van der Waals surface area contributed by atoms with Crippen LogP contribution >= 0.6 is 0 Å². The number of hydrogen-bond donors (Lipinski definition) is 1. The molecule has 98 valence electrons. The van der Waals surface area contributed by atoms with Gasteiger partial charge in [0.15, 0.2) is 0 Å². The molecule has 0 spiro atoms. The van der Waals surface area contributed by atoms with E-state index in [1.807, 2.05) is 0 Å². The Hall–Kier alpha value is -0.340. The normalized spacial score (nSPS) is 45.9. The molecule has 2 heteroatoms. The Morgan fingerprint density at radius 1 is 1.47 bits per heavy atom. The molecule has 2 bridgehead atoms. The number of hydrogen-bond acceptors (Lipinski definition) is 2. The van der Waals surface area contributed by atoms with E-state index in [4.69, 9.17) is 4.74 Å². The number of fused-ring (bicyclic) bond motifs is 2. The maximum absolute atomic E-state index is 9.84. The molecule has 0 aromatic heterocycles. The van der Waals surface area contributed by atoms with Gasteiger partial charge in [-0.2, -0.15) is 0 Å². The molecule has 0 aromatic carbocycles. The standard InChI is InChI=1S/C15H26O2/c1-9(2)14-13-10(3)6-11(4)15(7-16,8-17-14)12(13)5/h6,9,11-14,16H,7-8H2,1-5H3/t11-,12+,13+,14-,15+/m0/s1. The van der Waals surface area contributed by atoms with Crippen molar-refractivity contribution in [3.63, 3.8) is 0 Å². The lowest BCUT2D eigenvalue weighted by molar-refractivity contribution is -0.174. The van der Waals surface area contributed by atoms with Gasteiger partial charge in [0.05, 0.1) is 19.3 Å². The molecule has 2 aliphatic rings. The molecule has 1 heterocycles. The average molecular weight is 238 g/mol. The third-order valence-electron chi connectivity index (χ3n) is 5.24. The molecule has 1 fully saturated rings. The van der Waals surface area contributed by atoms with Crippen LogP contribution in [0.2, 0.25) is 0 Å². The Morgan fingerprint density at radius 3 is 2.65 bits per heavy atom. The molecule has 2 rings (SSSR count). The largest absolute Gasteiger partial charge is 0.396 e. The van der Waals surface area contributed by atoms with Crippen LogP contribution in [0.25, 0.3) is 0 Å². The average Bonchev–Trinajstić information content (AvgIpc) is 2.26. The smallest absolute Gasteiger partial charge is 0.0666 e. The summed E-state index contributed by atoms with van der Waals surface area (Å²) in [5.74, 6) is 1.93. The van der Waals surface area contributed by atoms with E-state index in [1.54, 1.807) is 0 Å². The van der Waals surface area contributed by atoms with Crippen LogP contribution in [-0.2, 0) is 4.74 Å². The number of ether oxygens (including phenoxy) is 1. The van der Waals surface area contributed by atoms with Crippen LogP contribution in [0, 0.1) is 29.1 Å². The summed E-state index contributed by atoms with van der Waals surface area (Å²) in [6.45, 7) is 12.1. The summed E-state index contributed by atoms with van der Waals surface area (Å²) >= 11 is 0. The fraction of sp³-hybridized carbons (Fsp3) is 0.867. The van der Waals surface area contributed by atoms with E-state index in [0.717, 1.165) is 0 Å². The van der Waals surface area contributed by atoms with Crippen molar-refractivity contribution in [2.45, 2.75) is 40.7 Å². The molecule has 0 unspecified atom stereocenters. The van der Waals surface area contributed by atoms with Crippen molar-refractivity contribution in [1.29, 1.82) is 0 Å². The Balaban J connectivity index is 2.41. The summed E-state index contributed by atoms with van der Waals surface area (Å²) in [7, 11) is 0. The first-order chi connectivity index (χ1) is 7.94. The van der Waals surface area contributed by atoms with Crippen LogP contribution in [0.5, 0.6) is 0 Å². The van der Waals surface area contributed by atoms with Gasteiger partial charge in [0, 0.05) is 11.3 Å². The van der Waals surface area contributed by atoms with Gasteiger partial charge in [0.2, 0.25) is 0 Å². The molecule has 17 heavy (non-hydrogen) atoms. The quantitative estimate of drug-likeness (QED) is 0.750. The first-order valence-electron chi connectivity index (χ1n) is 6.85. The van der Waals surface area contributed by atoms with E-state index in [1.165, 1.54) is 5.57 Å². The van der Waals surface area contributed by atoms with Gasteiger partial charge in [0.25, 0.3) is 0 Å². The summed E-state index contributed by atoms with van der Waals surface area (Å²) in [6.07, 6.45) is 2.67. The highest BCUT2D eigenvalue weighted by atomic mass is 16.5. The van der Waals surface area contributed by atoms with Gasteiger partial charge in [-0.25, -0.2) is 0 Å². The fourth-order valence-electron chi connectivity index (χ4n) is 3.94. The Kier molecular flexibility index (Phi) is 3.39. The van der Waals surface area contributed by atoms with Crippen molar-refractivity contribution < 1.29 is 9.84 Å². The zero-order valence-corrected chi connectivity index (χ0v) is 11.7. The summed E-state index contributed by atoms with van der Waals surface area (Å²) in [4.78, 5) is 0. The van der Waals surface area contributed by atoms with Crippen molar-refractivity contribution in [3.8, 4) is 0 Å². The van der Waals surface area contributed by atoms with Gasteiger partial charge in [-0.15, -0.1) is 0 Å². The molecular weight excluding hydrogens is 212 g/mol. The molecule has 0 radical (unpaired) electrons. The van der Waals surface area contributed by atoms with E-state index in [-0.39, 0.29) is 12.0 Å². The van der Waals surface area contributed by atoms with Crippen molar-refractivity contribution in [1.82, 2.24) is 0 Å². The molecule has 2 nitrogen and oxygen atoms in total. The maximum atomic E-state index is 9.84. The van der Waals surface area contributed by atoms with Crippen molar-refractivity contribution in [2.24, 2.45) is 29.1 Å². The Bertz CT molecular complexity index is 321. The van der Waals surface area contributed by atoms with Crippen molar-refractivity contribution in [3.05, 3.63) is 11.6 Å². The second-order valence-electron chi connectivity index (χ2n) is 6.42. The second kappa shape index (κ2) is 4.40. The van der Waals surface area contributed by atoms with Crippen LogP contribution in [0.1, 0.15) is 34.6 Å². The highest BCUT2D eigenvalue weighted by Gasteiger charge is 2.53. The van der Waals surface area contributed by atoms with Gasteiger partial charge >= 0.3 is 0 Å². The predicted molar refractivity (Wildman–Crippen MR) is 69.7 cm³/mol. The van der Waals surface area contributed by atoms with Crippen LogP contribution in [0.3, 0.4) is 0 Å². The lowest BCUT2D eigenvalue weighted by Gasteiger charge is -2.55. The second-order valence-corrected chi connectivity index (χ2v) is 6.42. The van der Waals surface area contributed by atoms with Crippen LogP contribution in [0.4, 0.5) is 0 Å². The van der Waals surface area contributed by atoms with Crippen molar-refractivity contribution >= 4 is 0 Å². The van der Waals surface area contributed by atoms with Gasteiger partial charge in [-0.05, 0) is 24.7 Å². The number of aliphatic hydroxyl groups is 1. The molecule has 0 aromatic rings. The van der Waals surface area contributed by atoms with E-state index < -0.39 is 0 Å². The monoisotopic (exact) mass is 238 g/mol. The fourth-order valence-corrected chi connectivity index (χ4v) is 3.94. The third-order valence-corrected chi connectivity index (χ3v) is 5.24. The third kappa shape index (κ3) is 1.77. The lowest BCUT2D eigenvalue weighted by atomic mass is 9.55. The molecule has 5 atom stereocenters. The number of allylic oxidation sites excluding steroid dienone is 1. The first-order valence-corrected chi connectivity index (χ1v) is 6.85. The van der Waals surface area contributed by atoms with Gasteiger partial charge in [0.1, 0.15) is 0 Å². The molecule has 1 aliphatic carbocycles. The summed E-state index contributed by atoms with van der Waals surface area (Å²) in [6, 6.07) is 0. The van der Waals surface area contributed by atoms with E-state index in [0.29, 0.717) is 36.4 Å². The van der Waals surface area contributed by atoms with E-state index in [2.05, 4.69) is 40.7 Å². The maximum Gasteiger partial charge on any atom is 0.0666 e. The molecular formula is C15H26O2. The number of aliphatic hydroxyl groups excluding tert-OH is 1. The van der Waals surface area contributed by atoms with Crippen molar-refractivity contribution in [2.75, 3.05) is 13.2 Å². The minimum absolute atomic E-state index is 0.0600. The molecule has 1 aliphatic heterocycles. The Morgan fingerprint density at radius 2 is 2.12 bits per heavy atom. The van der Waals surface area contributed by atoms with E-state index >= 15 is 0 Å². The number of rotatable bonds is 2. The molecule has 1 N–H and O–H groups in total. The predicted octanol–water partition coefficient (Wildman–Crippen LogP) is 2.87. The highest BCUT2D eigenvalue weighted by Crippen LogP contribution is 2.53. The first kappa shape index (κ1) is 13.1. The molecule has 0 saturated carbocycles. The van der Waals surface area contributed by atoms with Crippen LogP contribution < -0.4 is 0 Å². The highest BCUT2D eigenvalue weighted by molar-refractivity contribution is 5.21. The van der Waals surface area contributed by atoms with Gasteiger partial charge in [-0.1, -0.05) is 39.3 Å². The minimum Gasteiger partial charge on any atom is -0.396 e. The topological polar surface area (TPSA) is 29.5 Å². The van der Waals surface area contributed by atoms with Crippen LogP contribution in [-0.4, -0.2) is 24.4 Å². The summed E-state index contributed by atoms with van der Waals surface area (Å²) in [5, 5.41) is 9.84. The lowest BCUT2D eigenvalue weighted by Crippen LogP contribution is -2.57. The van der Waals surface area contributed by atoms with Crippen LogP contribution in [0.15, 0.2) is 11.6 Å². The van der Waals surface area contributed by atoms with Gasteiger partial charge in [-0.3, -0.25) is 0 Å². The Labute approximate surface area is 105 Å². The SMILES string of the molecule is CC1=C[C@H](C)[C@@]2(CO)CO[C@@H](C(C)C)[C@H]1[C@H]2C. The van der Waals surface area contributed by atoms with E-state index in [9.17, 15) is 5.11 Å². The zero-order chi connectivity index (χ0) is 12.8. The van der Waals surface area contributed by atoms with Gasteiger partial charge < -0.3 is 9.84 Å². The summed E-state index contributed by atoms with van der Waals surface area (Å²) in [5.41, 5.74) is 1.39. The molecule has 0 amide bonds. The summed E-state index contributed by atoms with van der Waals surface area (Å²) < 4.78 is 6.11. The minimum atomic E-state index is -0.0600. The molecule has 1 saturated heterocycles.